The fraction of sp³-hybridized carbons (Fsp3) is 0.227. The number of rotatable bonds is 9. The molecule has 0 atom stereocenters. The fourth-order valence-electron chi connectivity index (χ4n) is 2.83. The summed E-state index contributed by atoms with van der Waals surface area (Å²) >= 11 is 0. The number of carbonyl (C=O) groups is 1. The van der Waals surface area contributed by atoms with E-state index in [9.17, 15) is 4.79 Å². The van der Waals surface area contributed by atoms with E-state index in [2.05, 4.69) is 20.6 Å². The SMILES string of the molecule is COc1ccc(CNC(=O)c2cc(NCCc3ccccc3OC)ncn2)cc1. The zero-order valence-corrected chi connectivity index (χ0v) is 16.5. The van der Waals surface area contributed by atoms with Crippen molar-refractivity contribution in [2.75, 3.05) is 26.1 Å². The summed E-state index contributed by atoms with van der Waals surface area (Å²) in [6.45, 7) is 1.06. The monoisotopic (exact) mass is 392 g/mol. The molecule has 1 amide bonds. The Labute approximate surface area is 170 Å². The summed E-state index contributed by atoms with van der Waals surface area (Å²) in [7, 11) is 3.28. The van der Waals surface area contributed by atoms with E-state index >= 15 is 0 Å². The molecule has 0 spiro atoms. The molecule has 0 aliphatic carbocycles. The average Bonchev–Trinajstić information content (AvgIpc) is 2.78. The molecule has 1 heterocycles. The van der Waals surface area contributed by atoms with E-state index in [-0.39, 0.29) is 5.91 Å². The van der Waals surface area contributed by atoms with Crippen molar-refractivity contribution >= 4 is 11.7 Å². The van der Waals surface area contributed by atoms with Crippen molar-refractivity contribution in [1.29, 1.82) is 0 Å². The number of anilines is 1. The van der Waals surface area contributed by atoms with Gasteiger partial charge >= 0.3 is 0 Å². The summed E-state index contributed by atoms with van der Waals surface area (Å²) < 4.78 is 10.5. The maximum Gasteiger partial charge on any atom is 0.270 e. The van der Waals surface area contributed by atoms with Gasteiger partial charge in [-0.15, -0.1) is 0 Å². The minimum absolute atomic E-state index is 0.254. The molecule has 150 valence electrons. The van der Waals surface area contributed by atoms with Crippen molar-refractivity contribution in [3.63, 3.8) is 0 Å². The summed E-state index contributed by atoms with van der Waals surface area (Å²) in [5.74, 6) is 1.98. The maximum absolute atomic E-state index is 12.4. The molecule has 1 aromatic heterocycles. The van der Waals surface area contributed by atoms with Gasteiger partial charge in [0.2, 0.25) is 0 Å². The predicted molar refractivity (Wildman–Crippen MR) is 111 cm³/mol. The molecule has 0 fully saturated rings. The van der Waals surface area contributed by atoms with Crippen LogP contribution in [-0.2, 0) is 13.0 Å². The van der Waals surface area contributed by atoms with E-state index in [4.69, 9.17) is 9.47 Å². The molecule has 0 unspecified atom stereocenters. The summed E-state index contributed by atoms with van der Waals surface area (Å²) in [5, 5.41) is 6.09. The van der Waals surface area contributed by atoms with Crippen LogP contribution in [-0.4, -0.2) is 36.6 Å². The van der Waals surface area contributed by atoms with Crippen LogP contribution in [0.15, 0.2) is 60.9 Å². The first-order valence-corrected chi connectivity index (χ1v) is 9.28. The lowest BCUT2D eigenvalue weighted by Crippen LogP contribution is -2.24. The molecule has 3 rings (SSSR count). The molecule has 7 nitrogen and oxygen atoms in total. The molecule has 2 aromatic carbocycles. The molecule has 7 heteroatoms. The lowest BCUT2D eigenvalue weighted by atomic mass is 10.1. The molecular weight excluding hydrogens is 368 g/mol. The number of nitrogens with zero attached hydrogens (tertiary/aromatic N) is 2. The largest absolute Gasteiger partial charge is 0.497 e. The van der Waals surface area contributed by atoms with Gasteiger partial charge in [0.25, 0.3) is 5.91 Å². The standard InChI is InChI=1S/C22H24N4O3/c1-28-18-9-7-16(8-10-18)14-24-22(27)19-13-21(26-15-25-19)23-12-11-17-5-3-4-6-20(17)29-2/h3-10,13,15H,11-12,14H2,1-2H3,(H,24,27)(H,23,25,26). The van der Waals surface area contributed by atoms with Gasteiger partial charge in [-0.25, -0.2) is 9.97 Å². The maximum atomic E-state index is 12.4. The zero-order valence-electron chi connectivity index (χ0n) is 16.5. The molecule has 2 N–H and O–H groups in total. The molecule has 0 bridgehead atoms. The van der Waals surface area contributed by atoms with Gasteiger partial charge in [0, 0.05) is 19.2 Å². The minimum Gasteiger partial charge on any atom is -0.497 e. The molecule has 0 aliphatic heterocycles. The van der Waals surface area contributed by atoms with Gasteiger partial charge in [0.1, 0.15) is 29.3 Å². The Bertz CT molecular complexity index is 945. The number of hydrogen-bond donors (Lipinski definition) is 2. The molecule has 0 saturated carbocycles. The molecule has 29 heavy (non-hydrogen) atoms. The smallest absolute Gasteiger partial charge is 0.270 e. The van der Waals surface area contributed by atoms with E-state index in [0.717, 1.165) is 29.0 Å². The minimum atomic E-state index is -0.254. The highest BCUT2D eigenvalue weighted by molar-refractivity contribution is 5.92. The second kappa shape index (κ2) is 10.1. The van der Waals surface area contributed by atoms with E-state index in [1.165, 1.54) is 6.33 Å². The third kappa shape index (κ3) is 5.68. The number of para-hydroxylation sites is 1. The summed E-state index contributed by atoms with van der Waals surface area (Å²) in [6.07, 6.45) is 2.15. The van der Waals surface area contributed by atoms with Gasteiger partial charge in [0.05, 0.1) is 14.2 Å². The summed E-state index contributed by atoms with van der Waals surface area (Å²) in [5.41, 5.74) is 2.39. The first-order valence-electron chi connectivity index (χ1n) is 9.28. The first-order chi connectivity index (χ1) is 14.2. The third-order valence-corrected chi connectivity index (χ3v) is 4.40. The topological polar surface area (TPSA) is 85.4 Å². The van der Waals surface area contributed by atoms with Gasteiger partial charge in [0.15, 0.2) is 0 Å². The number of amides is 1. The predicted octanol–water partition coefficient (Wildman–Crippen LogP) is 3.08. The van der Waals surface area contributed by atoms with Crippen LogP contribution in [0.4, 0.5) is 5.82 Å². The van der Waals surface area contributed by atoms with E-state index in [1.807, 2.05) is 48.5 Å². The highest BCUT2D eigenvalue weighted by atomic mass is 16.5. The van der Waals surface area contributed by atoms with Gasteiger partial charge in [-0.1, -0.05) is 30.3 Å². The van der Waals surface area contributed by atoms with Crippen molar-refractivity contribution in [2.45, 2.75) is 13.0 Å². The van der Waals surface area contributed by atoms with Crippen LogP contribution in [0.1, 0.15) is 21.6 Å². The number of hydrogen-bond acceptors (Lipinski definition) is 6. The number of benzene rings is 2. The Kier molecular flexibility index (Phi) is 7.00. The van der Waals surface area contributed by atoms with Crippen molar-refractivity contribution in [3.8, 4) is 11.5 Å². The van der Waals surface area contributed by atoms with Crippen LogP contribution in [0.3, 0.4) is 0 Å². The second-order valence-electron chi connectivity index (χ2n) is 6.31. The lowest BCUT2D eigenvalue weighted by molar-refractivity contribution is 0.0946. The lowest BCUT2D eigenvalue weighted by Gasteiger charge is -2.10. The fourth-order valence-corrected chi connectivity index (χ4v) is 2.83. The zero-order chi connectivity index (χ0) is 20.5. The van der Waals surface area contributed by atoms with Crippen LogP contribution < -0.4 is 20.1 Å². The van der Waals surface area contributed by atoms with E-state index in [1.54, 1.807) is 20.3 Å². The van der Waals surface area contributed by atoms with Crippen molar-refractivity contribution < 1.29 is 14.3 Å². The third-order valence-electron chi connectivity index (χ3n) is 4.40. The van der Waals surface area contributed by atoms with Gasteiger partial charge < -0.3 is 20.1 Å². The Morgan fingerprint density at radius 2 is 1.79 bits per heavy atom. The van der Waals surface area contributed by atoms with Gasteiger partial charge in [-0.3, -0.25) is 4.79 Å². The van der Waals surface area contributed by atoms with Crippen LogP contribution >= 0.6 is 0 Å². The van der Waals surface area contributed by atoms with Gasteiger partial charge in [-0.05, 0) is 35.7 Å². The Morgan fingerprint density at radius 1 is 1.00 bits per heavy atom. The second-order valence-corrected chi connectivity index (χ2v) is 6.31. The van der Waals surface area contributed by atoms with E-state index in [0.29, 0.717) is 24.6 Å². The molecule has 0 radical (unpaired) electrons. The molecule has 3 aromatic rings. The van der Waals surface area contributed by atoms with Crippen molar-refractivity contribution in [1.82, 2.24) is 15.3 Å². The number of aromatic nitrogens is 2. The Hall–Kier alpha value is -3.61. The average molecular weight is 392 g/mol. The highest BCUT2D eigenvalue weighted by Crippen LogP contribution is 2.18. The van der Waals surface area contributed by atoms with Crippen molar-refractivity contribution in [2.24, 2.45) is 0 Å². The first kappa shape index (κ1) is 20.1. The summed E-state index contributed by atoms with van der Waals surface area (Å²) in [6, 6.07) is 17.1. The van der Waals surface area contributed by atoms with Crippen LogP contribution in [0.5, 0.6) is 11.5 Å². The number of ether oxygens (including phenoxy) is 2. The van der Waals surface area contributed by atoms with Crippen LogP contribution in [0.2, 0.25) is 0 Å². The van der Waals surface area contributed by atoms with E-state index < -0.39 is 0 Å². The Morgan fingerprint density at radius 3 is 2.55 bits per heavy atom. The van der Waals surface area contributed by atoms with Gasteiger partial charge in [-0.2, -0.15) is 0 Å². The van der Waals surface area contributed by atoms with Crippen LogP contribution in [0.25, 0.3) is 0 Å². The van der Waals surface area contributed by atoms with Crippen molar-refractivity contribution in [3.05, 3.63) is 77.7 Å². The molecular formula is C22H24N4O3. The quantitative estimate of drug-likeness (QED) is 0.582. The Balaban J connectivity index is 1.53. The highest BCUT2D eigenvalue weighted by Gasteiger charge is 2.09. The molecule has 0 aliphatic rings. The van der Waals surface area contributed by atoms with Crippen LogP contribution in [0, 0.1) is 0 Å². The molecule has 0 saturated heterocycles. The summed E-state index contributed by atoms with van der Waals surface area (Å²) in [4.78, 5) is 20.7. The normalized spacial score (nSPS) is 10.3. The number of carbonyl (C=O) groups excluding carboxylic acids is 1. The number of nitrogens with one attached hydrogen (secondary N) is 2. The number of methoxy groups -OCH3 is 2.